The summed E-state index contributed by atoms with van der Waals surface area (Å²) >= 11 is 0. The van der Waals surface area contributed by atoms with Gasteiger partial charge >= 0.3 is 11.9 Å². The molecule has 0 aliphatic rings. The van der Waals surface area contributed by atoms with Crippen molar-refractivity contribution in [1.29, 1.82) is 0 Å². The first-order valence-electron chi connectivity index (χ1n) is 7.07. The van der Waals surface area contributed by atoms with Crippen LogP contribution in [0.1, 0.15) is 19.4 Å². The smallest absolute Gasteiger partial charge is 0.320 e. The lowest BCUT2D eigenvalue weighted by molar-refractivity contribution is -0.151. The van der Waals surface area contributed by atoms with Crippen LogP contribution in [0.15, 0.2) is 30.3 Å². The van der Waals surface area contributed by atoms with Crippen molar-refractivity contribution < 1.29 is 19.1 Å². The van der Waals surface area contributed by atoms with E-state index in [4.69, 9.17) is 9.47 Å². The van der Waals surface area contributed by atoms with Crippen molar-refractivity contribution in [2.24, 2.45) is 5.92 Å². The Labute approximate surface area is 125 Å². The molecular weight excluding hydrogens is 270 g/mol. The molecule has 0 radical (unpaired) electrons. The van der Waals surface area contributed by atoms with Crippen LogP contribution in [-0.2, 0) is 25.7 Å². The van der Waals surface area contributed by atoms with Gasteiger partial charge in [-0.05, 0) is 19.5 Å². The summed E-state index contributed by atoms with van der Waals surface area (Å²) in [5.41, 5.74) is 0.956. The molecule has 0 aliphatic heterocycles. The number of esters is 2. The van der Waals surface area contributed by atoms with Crippen molar-refractivity contribution in [3.63, 3.8) is 0 Å². The number of carbonyl (C=O) groups is 2. The highest BCUT2D eigenvalue weighted by Gasteiger charge is 2.18. The largest absolute Gasteiger partial charge is 0.465 e. The predicted molar refractivity (Wildman–Crippen MR) is 79.5 cm³/mol. The maximum atomic E-state index is 11.9. The fourth-order valence-corrected chi connectivity index (χ4v) is 1.90. The summed E-state index contributed by atoms with van der Waals surface area (Å²) in [5.74, 6) is -0.854. The molecule has 0 fully saturated rings. The second kappa shape index (κ2) is 9.13. The topological polar surface area (TPSA) is 55.8 Å². The minimum absolute atomic E-state index is 0.171. The van der Waals surface area contributed by atoms with Crippen LogP contribution in [0, 0.1) is 5.92 Å². The highest BCUT2D eigenvalue weighted by molar-refractivity contribution is 5.73. The Morgan fingerprint density at radius 3 is 2.48 bits per heavy atom. The SMILES string of the molecule is CCOC(=O)CN(C)CC(C)C(=O)OCc1ccccc1. The van der Waals surface area contributed by atoms with E-state index in [0.717, 1.165) is 5.56 Å². The third-order valence-electron chi connectivity index (χ3n) is 2.92. The first kappa shape index (κ1) is 17.2. The van der Waals surface area contributed by atoms with Crippen molar-refractivity contribution in [3.05, 3.63) is 35.9 Å². The van der Waals surface area contributed by atoms with Crippen molar-refractivity contribution in [1.82, 2.24) is 4.90 Å². The molecule has 0 saturated heterocycles. The summed E-state index contributed by atoms with van der Waals surface area (Å²) < 4.78 is 10.1. The average Bonchev–Trinajstić information content (AvgIpc) is 2.45. The van der Waals surface area contributed by atoms with Crippen LogP contribution in [0.5, 0.6) is 0 Å². The zero-order valence-electron chi connectivity index (χ0n) is 12.9. The summed E-state index contributed by atoms with van der Waals surface area (Å²) in [6.07, 6.45) is 0. The Bertz CT molecular complexity index is 447. The van der Waals surface area contributed by atoms with Gasteiger partial charge in [0.2, 0.25) is 0 Å². The van der Waals surface area contributed by atoms with E-state index in [1.807, 2.05) is 30.3 Å². The fraction of sp³-hybridized carbons (Fsp3) is 0.500. The van der Waals surface area contributed by atoms with Gasteiger partial charge in [-0.15, -0.1) is 0 Å². The number of hydrogen-bond donors (Lipinski definition) is 0. The molecule has 0 aromatic heterocycles. The Hall–Kier alpha value is -1.88. The van der Waals surface area contributed by atoms with E-state index >= 15 is 0 Å². The van der Waals surface area contributed by atoms with Gasteiger partial charge < -0.3 is 9.47 Å². The monoisotopic (exact) mass is 293 g/mol. The van der Waals surface area contributed by atoms with Gasteiger partial charge in [-0.1, -0.05) is 37.3 Å². The zero-order chi connectivity index (χ0) is 15.7. The van der Waals surface area contributed by atoms with Crippen LogP contribution in [0.25, 0.3) is 0 Å². The lowest BCUT2D eigenvalue weighted by atomic mass is 10.1. The molecule has 5 nitrogen and oxygen atoms in total. The van der Waals surface area contributed by atoms with E-state index in [1.165, 1.54) is 0 Å². The molecule has 1 aromatic carbocycles. The third-order valence-corrected chi connectivity index (χ3v) is 2.92. The number of hydrogen-bond acceptors (Lipinski definition) is 5. The molecule has 0 spiro atoms. The highest BCUT2D eigenvalue weighted by Crippen LogP contribution is 2.06. The zero-order valence-corrected chi connectivity index (χ0v) is 12.9. The van der Waals surface area contributed by atoms with E-state index in [9.17, 15) is 9.59 Å². The van der Waals surface area contributed by atoms with Gasteiger partial charge in [-0.25, -0.2) is 0 Å². The maximum absolute atomic E-state index is 11.9. The molecular formula is C16H23NO4. The van der Waals surface area contributed by atoms with Crippen LogP contribution < -0.4 is 0 Å². The van der Waals surface area contributed by atoms with Gasteiger partial charge in [0.15, 0.2) is 0 Å². The van der Waals surface area contributed by atoms with Gasteiger partial charge in [-0.2, -0.15) is 0 Å². The van der Waals surface area contributed by atoms with Crippen LogP contribution in [0.2, 0.25) is 0 Å². The molecule has 5 heteroatoms. The molecule has 116 valence electrons. The highest BCUT2D eigenvalue weighted by atomic mass is 16.5. The molecule has 0 aliphatic carbocycles. The fourth-order valence-electron chi connectivity index (χ4n) is 1.90. The number of carbonyl (C=O) groups excluding carboxylic acids is 2. The van der Waals surface area contributed by atoms with Gasteiger partial charge in [0.25, 0.3) is 0 Å². The van der Waals surface area contributed by atoms with Crippen molar-refractivity contribution in [3.8, 4) is 0 Å². The summed E-state index contributed by atoms with van der Waals surface area (Å²) in [6, 6.07) is 9.54. The lowest BCUT2D eigenvalue weighted by Crippen LogP contribution is -2.34. The number of likely N-dealkylation sites (N-methyl/N-ethyl adjacent to an activating group) is 1. The van der Waals surface area contributed by atoms with E-state index in [0.29, 0.717) is 13.2 Å². The molecule has 1 atom stereocenters. The van der Waals surface area contributed by atoms with Crippen LogP contribution in [-0.4, -0.2) is 43.6 Å². The Morgan fingerprint density at radius 2 is 1.86 bits per heavy atom. The summed E-state index contributed by atoms with van der Waals surface area (Å²) in [4.78, 5) is 25.0. The van der Waals surface area contributed by atoms with Gasteiger partial charge in [-0.3, -0.25) is 14.5 Å². The maximum Gasteiger partial charge on any atom is 0.320 e. The van der Waals surface area contributed by atoms with Crippen molar-refractivity contribution in [2.75, 3.05) is 26.7 Å². The van der Waals surface area contributed by atoms with Crippen LogP contribution in [0.3, 0.4) is 0 Å². The molecule has 1 rings (SSSR count). The Morgan fingerprint density at radius 1 is 1.19 bits per heavy atom. The first-order valence-corrected chi connectivity index (χ1v) is 7.07. The van der Waals surface area contributed by atoms with E-state index in [1.54, 1.807) is 25.8 Å². The van der Waals surface area contributed by atoms with E-state index in [2.05, 4.69) is 0 Å². The number of nitrogens with zero attached hydrogens (tertiary/aromatic N) is 1. The lowest BCUT2D eigenvalue weighted by Gasteiger charge is -2.19. The van der Waals surface area contributed by atoms with Gasteiger partial charge in [0.1, 0.15) is 6.61 Å². The normalized spacial score (nSPS) is 12.0. The predicted octanol–water partition coefficient (Wildman–Crippen LogP) is 1.86. The second-order valence-electron chi connectivity index (χ2n) is 5.00. The molecule has 1 unspecified atom stereocenters. The second-order valence-corrected chi connectivity index (χ2v) is 5.00. The molecule has 1 aromatic rings. The number of rotatable bonds is 8. The molecule has 0 bridgehead atoms. The van der Waals surface area contributed by atoms with Crippen LogP contribution in [0.4, 0.5) is 0 Å². The Balaban J connectivity index is 2.32. The number of ether oxygens (including phenoxy) is 2. The summed E-state index contributed by atoms with van der Waals surface area (Å²) in [6.45, 7) is 4.81. The summed E-state index contributed by atoms with van der Waals surface area (Å²) in [5, 5.41) is 0. The van der Waals surface area contributed by atoms with Gasteiger partial charge in [0, 0.05) is 6.54 Å². The molecule has 0 N–H and O–H groups in total. The average molecular weight is 293 g/mol. The third kappa shape index (κ3) is 6.90. The van der Waals surface area contributed by atoms with E-state index in [-0.39, 0.29) is 31.0 Å². The Kier molecular flexibility index (Phi) is 7.46. The minimum atomic E-state index is -0.298. The molecule has 0 heterocycles. The van der Waals surface area contributed by atoms with Crippen LogP contribution >= 0.6 is 0 Å². The summed E-state index contributed by atoms with van der Waals surface area (Å²) in [7, 11) is 1.78. The van der Waals surface area contributed by atoms with Crippen molar-refractivity contribution in [2.45, 2.75) is 20.5 Å². The minimum Gasteiger partial charge on any atom is -0.465 e. The van der Waals surface area contributed by atoms with Crippen molar-refractivity contribution >= 4 is 11.9 Å². The quantitative estimate of drug-likeness (QED) is 0.685. The first-order chi connectivity index (χ1) is 10.0. The van der Waals surface area contributed by atoms with E-state index < -0.39 is 0 Å². The molecule has 0 amide bonds. The van der Waals surface area contributed by atoms with Gasteiger partial charge in [0.05, 0.1) is 19.1 Å². The molecule has 21 heavy (non-hydrogen) atoms. The standard InChI is InChI=1S/C16H23NO4/c1-4-20-15(18)11-17(3)10-13(2)16(19)21-12-14-8-6-5-7-9-14/h5-9,13H,4,10-12H2,1-3H3. The molecule has 0 saturated carbocycles. The number of benzene rings is 1.